The number of aromatic nitrogens is 2. The van der Waals surface area contributed by atoms with Crippen LogP contribution in [0, 0.1) is 13.8 Å². The molecule has 31 heavy (non-hydrogen) atoms. The molecule has 3 rings (SSSR count). The van der Waals surface area contributed by atoms with Crippen LogP contribution in [0.4, 0.5) is 0 Å². The van der Waals surface area contributed by atoms with Crippen LogP contribution in [0.25, 0.3) is 0 Å². The van der Waals surface area contributed by atoms with Crippen molar-refractivity contribution in [2.45, 2.75) is 39.8 Å². The largest absolute Gasteiger partial charge is 0.383 e. The van der Waals surface area contributed by atoms with Crippen LogP contribution >= 0.6 is 0 Å². The van der Waals surface area contributed by atoms with Gasteiger partial charge >= 0.3 is 0 Å². The van der Waals surface area contributed by atoms with E-state index in [0.29, 0.717) is 25.3 Å². The summed E-state index contributed by atoms with van der Waals surface area (Å²) in [5.41, 5.74) is 4.42. The summed E-state index contributed by atoms with van der Waals surface area (Å²) in [6.45, 7) is 6.62. The lowest BCUT2D eigenvalue weighted by atomic mass is 9.99. The second-order valence-corrected chi connectivity index (χ2v) is 7.81. The van der Waals surface area contributed by atoms with Crippen LogP contribution in [-0.2, 0) is 17.7 Å². The first kappa shape index (κ1) is 22.4. The molecule has 1 amide bonds. The number of pyridine rings is 2. The van der Waals surface area contributed by atoms with Crippen molar-refractivity contribution >= 4 is 5.91 Å². The van der Waals surface area contributed by atoms with Crippen LogP contribution in [0.3, 0.4) is 0 Å². The van der Waals surface area contributed by atoms with Gasteiger partial charge in [0.05, 0.1) is 18.8 Å². The van der Waals surface area contributed by atoms with Crippen LogP contribution in [0.2, 0.25) is 0 Å². The van der Waals surface area contributed by atoms with Crippen LogP contribution in [0.15, 0.2) is 59.5 Å². The van der Waals surface area contributed by atoms with E-state index in [1.165, 1.54) is 6.07 Å². The van der Waals surface area contributed by atoms with E-state index >= 15 is 0 Å². The van der Waals surface area contributed by atoms with Crippen molar-refractivity contribution in [3.63, 3.8) is 0 Å². The summed E-state index contributed by atoms with van der Waals surface area (Å²) in [5, 5.41) is 2.90. The molecule has 162 valence electrons. The maximum absolute atomic E-state index is 13.2. The molecule has 0 saturated carbocycles. The van der Waals surface area contributed by atoms with E-state index in [1.54, 1.807) is 13.3 Å². The van der Waals surface area contributed by atoms with Crippen molar-refractivity contribution in [3.8, 4) is 0 Å². The van der Waals surface area contributed by atoms with Gasteiger partial charge in [0.1, 0.15) is 5.56 Å². The lowest BCUT2D eigenvalue weighted by molar-refractivity contribution is 0.0902. The Labute approximate surface area is 182 Å². The molecule has 0 bridgehead atoms. The molecule has 3 aromatic rings. The molecule has 2 heterocycles. The summed E-state index contributed by atoms with van der Waals surface area (Å²) in [6.07, 6.45) is 2.21. The van der Waals surface area contributed by atoms with Crippen LogP contribution in [0.5, 0.6) is 0 Å². The van der Waals surface area contributed by atoms with E-state index < -0.39 is 0 Å². The summed E-state index contributed by atoms with van der Waals surface area (Å²) in [7, 11) is 1.58. The molecule has 6 heteroatoms. The zero-order valence-electron chi connectivity index (χ0n) is 18.5. The maximum Gasteiger partial charge on any atom is 0.257 e. The Hall–Kier alpha value is -3.25. The van der Waals surface area contributed by atoms with E-state index in [2.05, 4.69) is 10.3 Å². The predicted molar refractivity (Wildman–Crippen MR) is 122 cm³/mol. The molecule has 0 aliphatic rings. The first-order valence-corrected chi connectivity index (χ1v) is 10.4. The third-order valence-corrected chi connectivity index (χ3v) is 5.31. The van der Waals surface area contributed by atoms with Crippen LogP contribution in [-0.4, -0.2) is 35.2 Å². The molecule has 1 unspecified atom stereocenters. The lowest BCUT2D eigenvalue weighted by Crippen LogP contribution is -2.39. The maximum atomic E-state index is 13.2. The molecule has 0 fully saturated rings. The lowest BCUT2D eigenvalue weighted by Gasteiger charge is -2.21. The van der Waals surface area contributed by atoms with Crippen LogP contribution < -0.4 is 10.7 Å². The number of carbonyl (C=O) groups is 1. The third-order valence-electron chi connectivity index (χ3n) is 5.31. The van der Waals surface area contributed by atoms with Gasteiger partial charge in [-0.15, -0.1) is 0 Å². The van der Waals surface area contributed by atoms with E-state index in [9.17, 15) is 9.59 Å². The van der Waals surface area contributed by atoms with Gasteiger partial charge in [0.15, 0.2) is 5.43 Å². The Morgan fingerprint density at radius 3 is 2.58 bits per heavy atom. The Morgan fingerprint density at radius 2 is 1.90 bits per heavy atom. The summed E-state index contributed by atoms with van der Waals surface area (Å²) < 4.78 is 7.15. The highest BCUT2D eigenvalue weighted by molar-refractivity contribution is 5.95. The van der Waals surface area contributed by atoms with Crippen molar-refractivity contribution < 1.29 is 9.53 Å². The molecule has 2 aromatic heterocycles. The highest BCUT2D eigenvalue weighted by Crippen LogP contribution is 2.19. The first-order valence-electron chi connectivity index (χ1n) is 10.4. The average Bonchev–Trinajstić information content (AvgIpc) is 2.73. The number of methoxy groups -OCH3 is 1. The van der Waals surface area contributed by atoms with Crippen molar-refractivity contribution in [3.05, 3.63) is 98.7 Å². The number of rotatable bonds is 8. The molecule has 0 radical (unpaired) electrons. The zero-order chi connectivity index (χ0) is 22.4. The number of nitrogens with zero attached hydrogens (tertiary/aromatic N) is 2. The minimum atomic E-state index is -0.382. The van der Waals surface area contributed by atoms with Gasteiger partial charge in [0.2, 0.25) is 0 Å². The van der Waals surface area contributed by atoms with Gasteiger partial charge in [0.25, 0.3) is 5.91 Å². The van der Waals surface area contributed by atoms with Crippen molar-refractivity contribution in [2.24, 2.45) is 0 Å². The van der Waals surface area contributed by atoms with Gasteiger partial charge in [-0.05, 0) is 44.0 Å². The normalized spacial score (nSPS) is 11.9. The smallest absolute Gasteiger partial charge is 0.257 e. The first-order chi connectivity index (χ1) is 14.9. The third kappa shape index (κ3) is 5.47. The molecule has 0 aliphatic carbocycles. The number of ether oxygens (including phenoxy) is 1. The summed E-state index contributed by atoms with van der Waals surface area (Å²) >= 11 is 0. The number of hydrogen-bond acceptors (Lipinski definition) is 4. The van der Waals surface area contributed by atoms with Gasteiger partial charge in [-0.25, -0.2) is 0 Å². The van der Waals surface area contributed by atoms with Gasteiger partial charge in [-0.2, -0.15) is 0 Å². The molecule has 0 aliphatic heterocycles. The van der Waals surface area contributed by atoms with E-state index in [-0.39, 0.29) is 22.9 Å². The van der Waals surface area contributed by atoms with E-state index in [4.69, 9.17) is 4.74 Å². The molecular weight excluding hydrogens is 390 g/mol. The number of benzene rings is 1. The SMILES string of the molecule is COCC(C)NC(=O)c1c(Cc2ccccc2C)n(Cc2ccccn2)c(C)cc1=O. The minimum Gasteiger partial charge on any atom is -0.383 e. The number of amides is 1. The number of aryl methyl sites for hydroxylation is 2. The average molecular weight is 420 g/mol. The molecule has 1 N–H and O–H groups in total. The minimum absolute atomic E-state index is 0.174. The van der Waals surface area contributed by atoms with Crippen molar-refractivity contribution in [1.29, 1.82) is 0 Å². The zero-order valence-corrected chi connectivity index (χ0v) is 18.5. The molecule has 6 nitrogen and oxygen atoms in total. The molecule has 0 spiro atoms. The van der Waals surface area contributed by atoms with Crippen LogP contribution in [0.1, 0.15) is 45.5 Å². The molecule has 1 atom stereocenters. The Kier molecular flexibility index (Phi) is 7.36. The summed E-state index contributed by atoms with van der Waals surface area (Å²) in [4.78, 5) is 30.6. The quantitative estimate of drug-likeness (QED) is 0.608. The summed E-state index contributed by atoms with van der Waals surface area (Å²) in [5.74, 6) is -0.382. The highest BCUT2D eigenvalue weighted by Gasteiger charge is 2.22. The number of nitrogens with one attached hydrogen (secondary N) is 1. The second-order valence-electron chi connectivity index (χ2n) is 7.81. The Balaban J connectivity index is 2.14. The fourth-order valence-corrected chi connectivity index (χ4v) is 3.71. The second kappa shape index (κ2) is 10.2. The monoisotopic (exact) mass is 419 g/mol. The molecule has 0 saturated heterocycles. The molecule has 1 aromatic carbocycles. The van der Waals surface area contributed by atoms with Gasteiger partial charge in [0, 0.05) is 43.2 Å². The highest BCUT2D eigenvalue weighted by atomic mass is 16.5. The van der Waals surface area contributed by atoms with Gasteiger partial charge < -0.3 is 14.6 Å². The number of carbonyl (C=O) groups excluding carboxylic acids is 1. The Morgan fingerprint density at radius 1 is 1.16 bits per heavy atom. The van der Waals surface area contributed by atoms with Crippen molar-refractivity contribution in [2.75, 3.05) is 13.7 Å². The van der Waals surface area contributed by atoms with E-state index in [0.717, 1.165) is 22.5 Å². The Bertz CT molecular complexity index is 1110. The van der Waals surface area contributed by atoms with E-state index in [1.807, 2.05) is 67.8 Å². The van der Waals surface area contributed by atoms with Gasteiger partial charge in [-0.1, -0.05) is 30.3 Å². The van der Waals surface area contributed by atoms with Gasteiger partial charge in [-0.3, -0.25) is 14.6 Å². The van der Waals surface area contributed by atoms with Crippen molar-refractivity contribution in [1.82, 2.24) is 14.9 Å². The fourth-order valence-electron chi connectivity index (χ4n) is 3.71. The predicted octanol–water partition coefficient (Wildman–Crippen LogP) is 3.26. The number of hydrogen-bond donors (Lipinski definition) is 1. The molecular formula is C25H29N3O3. The standard InChI is InChI=1S/C25H29N3O3/c1-17-9-5-6-10-20(17)14-22-24(25(30)27-18(2)16-31-4)23(29)13-19(3)28(22)15-21-11-7-8-12-26-21/h5-13,18H,14-16H2,1-4H3,(H,27,30). The summed E-state index contributed by atoms with van der Waals surface area (Å²) in [6, 6.07) is 15.1. The fraction of sp³-hybridized carbons (Fsp3) is 0.320. The topological polar surface area (TPSA) is 73.2 Å².